The Kier molecular flexibility index (Phi) is 9.52. The van der Waals surface area contributed by atoms with Gasteiger partial charge >= 0.3 is 18.4 Å². The highest BCUT2D eigenvalue weighted by Gasteiger charge is 2.75. The van der Waals surface area contributed by atoms with Crippen molar-refractivity contribution in [3.8, 4) is 11.5 Å². The maximum absolute atomic E-state index is 13.8. The van der Waals surface area contributed by atoms with Gasteiger partial charge in [0.25, 0.3) is 11.5 Å². The molecule has 0 aromatic heterocycles. The van der Waals surface area contributed by atoms with Crippen LogP contribution in [0.3, 0.4) is 0 Å². The minimum absolute atomic E-state index is 0.0626. The lowest BCUT2D eigenvalue weighted by Gasteiger charge is -2.33. The predicted molar refractivity (Wildman–Crippen MR) is 152 cm³/mol. The number of hydrogen-bond acceptors (Lipinski definition) is 6. The first-order valence-corrected chi connectivity index (χ1v) is 15.3. The van der Waals surface area contributed by atoms with Crippen molar-refractivity contribution >= 4 is 11.9 Å². The van der Waals surface area contributed by atoms with Gasteiger partial charge in [0.05, 0.1) is 19.8 Å². The van der Waals surface area contributed by atoms with Crippen molar-refractivity contribution in [1.82, 2.24) is 10.2 Å². The van der Waals surface area contributed by atoms with Crippen molar-refractivity contribution in [2.45, 2.75) is 95.2 Å². The highest BCUT2D eigenvalue weighted by atomic mass is 19.4. The SMILES string of the molecule is CCCc1c(OCCCCN2C(=O)NC(C)(c3ccc(OC4CCCCO4)cc3)C2=O)ccc2c1COC2(C(F)(F)F)C(F)(F)F. The van der Waals surface area contributed by atoms with Crippen LogP contribution in [-0.4, -0.2) is 55.2 Å². The Hall–Kier alpha value is -3.52. The number of amides is 3. The standard InChI is InChI=1S/C32H36F6N2O6/c1-3-8-22-23-19-45-30(31(33,34)35,32(36,37)38)24(23)14-15-25(22)43-17-7-5-16-40-27(41)29(2,39-28(40)42)20-10-12-21(13-11-20)46-26-9-4-6-18-44-26/h10-15,26H,3-9,16-19H2,1-2H3,(H,39,42). The predicted octanol–water partition coefficient (Wildman–Crippen LogP) is 7.02. The molecule has 8 nitrogen and oxygen atoms in total. The molecule has 14 heteroatoms. The van der Waals surface area contributed by atoms with Gasteiger partial charge in [-0.15, -0.1) is 0 Å². The van der Waals surface area contributed by atoms with Gasteiger partial charge in [0.2, 0.25) is 0 Å². The summed E-state index contributed by atoms with van der Waals surface area (Å²) in [6.07, 6.45) is -7.58. The lowest BCUT2D eigenvalue weighted by Crippen LogP contribution is -2.53. The number of nitrogens with zero attached hydrogens (tertiary/aromatic N) is 1. The molecule has 1 N–H and O–H groups in total. The van der Waals surface area contributed by atoms with Crippen LogP contribution in [0.1, 0.15) is 74.6 Å². The van der Waals surface area contributed by atoms with E-state index in [0.717, 1.165) is 36.3 Å². The van der Waals surface area contributed by atoms with Gasteiger partial charge in [0, 0.05) is 24.1 Å². The third-order valence-corrected chi connectivity index (χ3v) is 8.64. The fourth-order valence-electron chi connectivity index (χ4n) is 6.19. The van der Waals surface area contributed by atoms with Crippen LogP contribution >= 0.6 is 0 Å². The summed E-state index contributed by atoms with van der Waals surface area (Å²) in [7, 11) is 0. The van der Waals surface area contributed by atoms with E-state index in [1.165, 1.54) is 0 Å². The van der Waals surface area contributed by atoms with E-state index in [1.54, 1.807) is 38.1 Å². The maximum Gasteiger partial charge on any atom is 0.430 e. The molecule has 0 radical (unpaired) electrons. The number of benzene rings is 2. The van der Waals surface area contributed by atoms with Crippen LogP contribution in [0, 0.1) is 0 Å². The molecule has 3 aliphatic heterocycles. The molecule has 2 fully saturated rings. The number of imide groups is 1. The second-order valence-corrected chi connectivity index (χ2v) is 11.8. The van der Waals surface area contributed by atoms with Gasteiger partial charge in [0.1, 0.15) is 17.0 Å². The molecular weight excluding hydrogens is 622 g/mol. The number of halogens is 6. The number of unbranched alkanes of at least 4 members (excludes halogenated alkanes) is 1. The average molecular weight is 659 g/mol. The summed E-state index contributed by atoms with van der Waals surface area (Å²) in [6.45, 7) is 3.31. The lowest BCUT2D eigenvalue weighted by molar-refractivity contribution is -0.385. The Morgan fingerprint density at radius 1 is 1.00 bits per heavy atom. The Morgan fingerprint density at radius 3 is 2.35 bits per heavy atom. The second-order valence-electron chi connectivity index (χ2n) is 11.8. The van der Waals surface area contributed by atoms with E-state index >= 15 is 0 Å². The first-order chi connectivity index (χ1) is 21.7. The molecule has 3 amide bonds. The average Bonchev–Trinajstić information content (AvgIpc) is 3.51. The van der Waals surface area contributed by atoms with Crippen LogP contribution in [0.25, 0.3) is 0 Å². The van der Waals surface area contributed by atoms with E-state index in [4.69, 9.17) is 14.2 Å². The number of carbonyl (C=O) groups is 2. The van der Waals surface area contributed by atoms with Crippen LogP contribution in [0.2, 0.25) is 0 Å². The number of urea groups is 1. The van der Waals surface area contributed by atoms with Crippen molar-refractivity contribution in [2.75, 3.05) is 19.8 Å². The molecule has 5 rings (SSSR count). The van der Waals surface area contributed by atoms with E-state index in [9.17, 15) is 35.9 Å². The van der Waals surface area contributed by atoms with Crippen LogP contribution in [-0.2, 0) is 38.4 Å². The zero-order chi connectivity index (χ0) is 33.3. The number of alkyl halides is 6. The number of rotatable bonds is 11. The van der Waals surface area contributed by atoms with Crippen molar-refractivity contribution in [1.29, 1.82) is 0 Å². The summed E-state index contributed by atoms with van der Waals surface area (Å²) in [5.74, 6) is 0.338. The fraction of sp³-hybridized carbons (Fsp3) is 0.562. The van der Waals surface area contributed by atoms with Crippen LogP contribution in [0.4, 0.5) is 31.1 Å². The summed E-state index contributed by atoms with van der Waals surface area (Å²) in [5, 5.41) is 2.76. The van der Waals surface area contributed by atoms with Gasteiger partial charge in [-0.3, -0.25) is 9.69 Å². The van der Waals surface area contributed by atoms with Crippen molar-refractivity contribution in [3.63, 3.8) is 0 Å². The zero-order valence-corrected chi connectivity index (χ0v) is 25.5. The molecule has 0 aliphatic carbocycles. The van der Waals surface area contributed by atoms with Gasteiger partial charge in [-0.2, -0.15) is 26.3 Å². The van der Waals surface area contributed by atoms with Gasteiger partial charge in [-0.25, -0.2) is 4.79 Å². The van der Waals surface area contributed by atoms with Gasteiger partial charge in [-0.1, -0.05) is 31.5 Å². The minimum Gasteiger partial charge on any atom is -0.493 e. The second kappa shape index (κ2) is 12.9. The number of hydrogen-bond donors (Lipinski definition) is 1. The number of ether oxygens (including phenoxy) is 4. The summed E-state index contributed by atoms with van der Waals surface area (Å²) < 4.78 is 104. The molecule has 2 atom stereocenters. The fourth-order valence-corrected chi connectivity index (χ4v) is 6.19. The molecular formula is C32H36F6N2O6. The molecule has 252 valence electrons. The van der Waals surface area contributed by atoms with E-state index in [1.807, 2.05) is 0 Å². The van der Waals surface area contributed by atoms with Gasteiger partial charge in [-0.05, 0) is 68.4 Å². The summed E-state index contributed by atoms with van der Waals surface area (Å²) in [5.41, 5.74) is -6.00. The van der Waals surface area contributed by atoms with E-state index in [-0.39, 0.29) is 42.7 Å². The Bertz CT molecular complexity index is 1410. The first-order valence-electron chi connectivity index (χ1n) is 15.3. The number of fused-ring (bicyclic) bond motifs is 1. The first kappa shape index (κ1) is 33.8. The summed E-state index contributed by atoms with van der Waals surface area (Å²) >= 11 is 0. The normalized spacial score (nSPS) is 23.0. The molecule has 2 unspecified atom stereocenters. The van der Waals surface area contributed by atoms with Gasteiger partial charge < -0.3 is 24.3 Å². The monoisotopic (exact) mass is 658 g/mol. The third kappa shape index (κ3) is 6.13. The zero-order valence-electron chi connectivity index (χ0n) is 25.5. The number of nitrogens with one attached hydrogen (secondary N) is 1. The highest BCUT2D eigenvalue weighted by Crippen LogP contribution is 2.58. The molecule has 3 aliphatic rings. The maximum atomic E-state index is 13.8. The Labute approximate surface area is 262 Å². The third-order valence-electron chi connectivity index (χ3n) is 8.64. The molecule has 46 heavy (non-hydrogen) atoms. The van der Waals surface area contributed by atoms with E-state index in [0.29, 0.717) is 37.2 Å². The largest absolute Gasteiger partial charge is 0.493 e. The molecule has 0 saturated carbocycles. The van der Waals surface area contributed by atoms with Gasteiger partial charge in [0.15, 0.2) is 6.29 Å². The highest BCUT2D eigenvalue weighted by molar-refractivity contribution is 6.07. The number of carbonyl (C=O) groups excluding carboxylic acids is 2. The molecule has 2 saturated heterocycles. The van der Waals surface area contributed by atoms with Crippen molar-refractivity contribution < 1.29 is 54.9 Å². The summed E-state index contributed by atoms with van der Waals surface area (Å²) in [6, 6.07) is 8.23. The molecule has 2 aromatic carbocycles. The topological polar surface area (TPSA) is 86.3 Å². The molecule has 2 aromatic rings. The van der Waals surface area contributed by atoms with E-state index in [2.05, 4.69) is 10.1 Å². The van der Waals surface area contributed by atoms with Crippen molar-refractivity contribution in [3.05, 3.63) is 58.7 Å². The van der Waals surface area contributed by atoms with Crippen LogP contribution < -0.4 is 14.8 Å². The van der Waals surface area contributed by atoms with Crippen molar-refractivity contribution in [2.24, 2.45) is 0 Å². The Morgan fingerprint density at radius 2 is 1.72 bits per heavy atom. The quantitative estimate of drug-likeness (QED) is 0.159. The summed E-state index contributed by atoms with van der Waals surface area (Å²) in [4.78, 5) is 27.2. The minimum atomic E-state index is -5.71. The molecule has 0 bridgehead atoms. The van der Waals surface area contributed by atoms with Crippen LogP contribution in [0.5, 0.6) is 11.5 Å². The Balaban J connectivity index is 1.18. The van der Waals surface area contributed by atoms with E-state index < -0.39 is 47.6 Å². The lowest BCUT2D eigenvalue weighted by atomic mass is 9.87. The smallest absolute Gasteiger partial charge is 0.430 e. The molecule has 0 spiro atoms. The molecule has 3 heterocycles. The van der Waals surface area contributed by atoms with Crippen LogP contribution in [0.15, 0.2) is 36.4 Å².